The van der Waals surface area contributed by atoms with Crippen molar-refractivity contribution >= 4 is 23.8 Å². The minimum atomic E-state index is -1.27. The molecule has 226 valence electrons. The van der Waals surface area contributed by atoms with Crippen LogP contribution in [0.5, 0.6) is 0 Å². The van der Waals surface area contributed by atoms with Gasteiger partial charge in [-0.25, -0.2) is 4.79 Å². The topological polar surface area (TPSA) is 122 Å². The van der Waals surface area contributed by atoms with Crippen LogP contribution in [0.4, 0.5) is 0 Å². The number of allylic oxidation sites excluding steroid dienone is 2. The minimum Gasteiger partial charge on any atom is -0.463 e. The molecule has 0 aliphatic carbocycles. The molecular weight excluding hydrogens is 536 g/mol. The monoisotopic (exact) mass is 578 g/mol. The number of hydrogen-bond acceptors (Lipinski definition) is 7. The highest BCUT2D eigenvalue weighted by atomic mass is 16.6. The molecule has 2 rings (SSSR count). The number of nitrogens with one attached hydrogen (secondary N) is 1. The number of nitrogens with zero attached hydrogens (tertiary/aromatic N) is 1. The summed E-state index contributed by atoms with van der Waals surface area (Å²) in [4.78, 5) is 53.3. The third-order valence-corrected chi connectivity index (χ3v) is 6.46. The number of amides is 2. The second kappa shape index (κ2) is 19.8. The molecule has 2 aromatic carbocycles. The lowest BCUT2D eigenvalue weighted by Gasteiger charge is -2.25. The summed E-state index contributed by atoms with van der Waals surface area (Å²) in [6.07, 6.45) is 5.64. The lowest BCUT2D eigenvalue weighted by Crippen LogP contribution is -2.48. The van der Waals surface area contributed by atoms with Gasteiger partial charge in [-0.15, -0.1) is 13.2 Å². The number of benzene rings is 2. The van der Waals surface area contributed by atoms with E-state index < -0.39 is 36.4 Å². The molecule has 0 aliphatic heterocycles. The summed E-state index contributed by atoms with van der Waals surface area (Å²) in [7, 11) is 0. The van der Waals surface area contributed by atoms with Crippen LogP contribution in [0, 0.1) is 5.92 Å². The van der Waals surface area contributed by atoms with Crippen LogP contribution in [0.1, 0.15) is 49.7 Å². The van der Waals surface area contributed by atoms with Crippen LogP contribution in [0.15, 0.2) is 86.0 Å². The zero-order valence-electron chi connectivity index (χ0n) is 24.1. The van der Waals surface area contributed by atoms with E-state index in [-0.39, 0.29) is 51.5 Å². The van der Waals surface area contributed by atoms with Crippen molar-refractivity contribution in [2.45, 2.75) is 57.7 Å². The molecule has 2 atom stereocenters. The van der Waals surface area contributed by atoms with Crippen LogP contribution in [-0.4, -0.2) is 59.6 Å². The molecule has 2 N–H and O–H groups in total. The van der Waals surface area contributed by atoms with Gasteiger partial charge in [0.25, 0.3) is 0 Å². The summed E-state index contributed by atoms with van der Waals surface area (Å²) in [5.74, 6) is -3.00. The van der Waals surface area contributed by atoms with Gasteiger partial charge in [-0.2, -0.15) is 0 Å². The Bertz CT molecular complexity index is 1140. The van der Waals surface area contributed by atoms with Crippen molar-refractivity contribution < 1.29 is 33.8 Å². The van der Waals surface area contributed by atoms with Gasteiger partial charge in [0.15, 0.2) is 6.04 Å². The lowest BCUT2D eigenvalue weighted by atomic mass is 9.98. The van der Waals surface area contributed by atoms with Gasteiger partial charge >= 0.3 is 11.9 Å². The maximum Gasteiger partial charge on any atom is 0.332 e. The Hall–Kier alpha value is -4.24. The van der Waals surface area contributed by atoms with Gasteiger partial charge < -0.3 is 24.8 Å². The first kappa shape index (κ1) is 34.0. The van der Waals surface area contributed by atoms with Crippen LogP contribution in [0.25, 0.3) is 0 Å². The van der Waals surface area contributed by atoms with Gasteiger partial charge in [0.1, 0.15) is 13.2 Å². The van der Waals surface area contributed by atoms with Gasteiger partial charge in [-0.1, -0.05) is 72.8 Å². The molecule has 0 aromatic heterocycles. The van der Waals surface area contributed by atoms with Gasteiger partial charge in [0, 0.05) is 25.9 Å². The zero-order chi connectivity index (χ0) is 30.6. The molecule has 0 heterocycles. The highest BCUT2D eigenvalue weighted by Gasteiger charge is 2.30. The Morgan fingerprint density at radius 1 is 0.905 bits per heavy atom. The Labute approximate surface area is 248 Å². The second-order valence-electron chi connectivity index (χ2n) is 9.82. The summed E-state index contributed by atoms with van der Waals surface area (Å²) in [5.41, 5.74) is 1.64. The SMILES string of the molecule is C=CCCCCC(=O)OC[C@@H](NC(=O)[C@H](CC=C)CC(=O)N(CCO)Cc1ccccc1)C(=O)OCc1ccccc1. The van der Waals surface area contributed by atoms with Crippen LogP contribution < -0.4 is 5.32 Å². The number of carbonyl (C=O) groups is 4. The highest BCUT2D eigenvalue weighted by molar-refractivity contribution is 5.89. The predicted octanol–water partition coefficient (Wildman–Crippen LogP) is 4.11. The number of unbranched alkanes of at least 4 members (excludes halogenated alkanes) is 2. The average Bonchev–Trinajstić information content (AvgIpc) is 3.00. The molecule has 0 radical (unpaired) electrons. The Balaban J connectivity index is 2.09. The molecule has 0 unspecified atom stereocenters. The molecule has 0 spiro atoms. The fourth-order valence-electron chi connectivity index (χ4n) is 4.13. The van der Waals surface area contributed by atoms with Crippen molar-refractivity contribution in [2.75, 3.05) is 19.8 Å². The number of aliphatic hydroxyl groups is 1. The van der Waals surface area contributed by atoms with Crippen molar-refractivity contribution in [1.82, 2.24) is 10.2 Å². The molecule has 42 heavy (non-hydrogen) atoms. The van der Waals surface area contributed by atoms with Crippen molar-refractivity contribution in [2.24, 2.45) is 5.92 Å². The third-order valence-electron chi connectivity index (χ3n) is 6.46. The molecule has 0 bridgehead atoms. The van der Waals surface area contributed by atoms with Gasteiger partial charge in [-0.3, -0.25) is 14.4 Å². The number of carbonyl (C=O) groups excluding carboxylic acids is 4. The van der Waals surface area contributed by atoms with Crippen LogP contribution in [-0.2, 0) is 41.8 Å². The average molecular weight is 579 g/mol. The number of ether oxygens (including phenoxy) is 2. The van der Waals surface area contributed by atoms with Crippen LogP contribution >= 0.6 is 0 Å². The number of esters is 2. The first-order valence-electron chi connectivity index (χ1n) is 14.2. The number of hydrogen-bond donors (Lipinski definition) is 2. The van der Waals surface area contributed by atoms with Crippen LogP contribution in [0.3, 0.4) is 0 Å². The second-order valence-corrected chi connectivity index (χ2v) is 9.82. The Morgan fingerprint density at radius 2 is 1.57 bits per heavy atom. The minimum absolute atomic E-state index is 0.0221. The van der Waals surface area contributed by atoms with E-state index in [1.54, 1.807) is 18.2 Å². The van der Waals surface area contributed by atoms with Crippen LogP contribution in [0.2, 0.25) is 0 Å². The van der Waals surface area contributed by atoms with Gasteiger partial charge in [0.2, 0.25) is 11.8 Å². The van der Waals surface area contributed by atoms with E-state index in [0.717, 1.165) is 24.0 Å². The lowest BCUT2D eigenvalue weighted by molar-refractivity contribution is -0.155. The maximum atomic E-state index is 13.3. The summed E-state index contributed by atoms with van der Waals surface area (Å²) >= 11 is 0. The normalized spacial score (nSPS) is 11.9. The Morgan fingerprint density at radius 3 is 2.19 bits per heavy atom. The summed E-state index contributed by atoms with van der Waals surface area (Å²) in [6.45, 7) is 7.09. The summed E-state index contributed by atoms with van der Waals surface area (Å²) in [5, 5.41) is 12.1. The van der Waals surface area contributed by atoms with E-state index in [2.05, 4.69) is 18.5 Å². The van der Waals surface area contributed by atoms with Crippen molar-refractivity contribution in [3.63, 3.8) is 0 Å². The molecule has 9 nitrogen and oxygen atoms in total. The molecule has 0 aliphatic rings. The van der Waals surface area contributed by atoms with Gasteiger partial charge in [-0.05, 0) is 36.8 Å². The van der Waals surface area contributed by atoms with E-state index in [4.69, 9.17) is 9.47 Å². The molecule has 0 saturated carbocycles. The fraction of sp³-hybridized carbons (Fsp3) is 0.394. The zero-order valence-corrected chi connectivity index (χ0v) is 24.1. The van der Waals surface area contributed by atoms with Crippen molar-refractivity contribution in [3.8, 4) is 0 Å². The molecule has 2 aromatic rings. The molecule has 2 amide bonds. The van der Waals surface area contributed by atoms with E-state index in [1.807, 2.05) is 48.5 Å². The molecule has 0 saturated heterocycles. The third kappa shape index (κ3) is 13.0. The summed E-state index contributed by atoms with van der Waals surface area (Å²) < 4.78 is 10.7. The van der Waals surface area contributed by atoms with E-state index in [0.29, 0.717) is 6.42 Å². The smallest absolute Gasteiger partial charge is 0.332 e. The number of rotatable bonds is 20. The van der Waals surface area contributed by atoms with Gasteiger partial charge in [0.05, 0.1) is 12.5 Å². The predicted molar refractivity (Wildman–Crippen MR) is 160 cm³/mol. The quantitative estimate of drug-likeness (QED) is 0.138. The summed E-state index contributed by atoms with van der Waals surface area (Å²) in [6, 6.07) is 17.1. The van der Waals surface area contributed by atoms with Crippen molar-refractivity contribution in [3.05, 3.63) is 97.1 Å². The molecular formula is C33H42N2O7. The van der Waals surface area contributed by atoms with E-state index >= 15 is 0 Å². The molecule has 0 fully saturated rings. The first-order chi connectivity index (χ1) is 20.4. The fourth-order valence-corrected chi connectivity index (χ4v) is 4.13. The maximum absolute atomic E-state index is 13.3. The first-order valence-corrected chi connectivity index (χ1v) is 14.2. The van der Waals surface area contributed by atoms with E-state index in [1.165, 1.54) is 11.0 Å². The standard InChI is InChI=1S/C33H42N2O7/c1-3-5-6-13-19-31(38)41-25-29(33(40)42-24-27-17-11-8-12-18-27)34-32(39)28(14-4-2)22-30(37)35(20-21-36)23-26-15-9-7-10-16-26/h3-4,7-12,15-18,28-29,36H,1-2,5-6,13-14,19-25H2,(H,34,39)/t28-,29-/m1/s1. The highest BCUT2D eigenvalue weighted by Crippen LogP contribution is 2.15. The number of aliphatic hydroxyl groups excluding tert-OH is 1. The molecule has 9 heteroatoms. The van der Waals surface area contributed by atoms with E-state index in [9.17, 15) is 24.3 Å². The van der Waals surface area contributed by atoms with Crippen molar-refractivity contribution in [1.29, 1.82) is 0 Å². The Kier molecular flexibility index (Phi) is 16.0. The largest absolute Gasteiger partial charge is 0.463 e.